The van der Waals surface area contributed by atoms with Crippen LogP contribution in [0.5, 0.6) is 5.88 Å². The zero-order valence-corrected chi connectivity index (χ0v) is 21.9. The van der Waals surface area contributed by atoms with Gasteiger partial charge in [0.2, 0.25) is 11.8 Å². The highest BCUT2D eigenvalue weighted by atomic mass is 32.2. The van der Waals surface area contributed by atoms with Crippen LogP contribution >= 0.6 is 11.3 Å². The molecule has 3 aromatic rings. The molecule has 2 N–H and O–H groups in total. The van der Waals surface area contributed by atoms with E-state index in [1.807, 2.05) is 50.4 Å². The molecule has 10 heteroatoms. The van der Waals surface area contributed by atoms with Crippen LogP contribution in [-0.4, -0.2) is 36.9 Å². The molecule has 0 spiro atoms. The van der Waals surface area contributed by atoms with Gasteiger partial charge in [0.05, 0.1) is 41.1 Å². The van der Waals surface area contributed by atoms with Crippen LogP contribution in [0.1, 0.15) is 58.6 Å². The van der Waals surface area contributed by atoms with Crippen molar-refractivity contribution in [1.82, 2.24) is 15.0 Å². The Morgan fingerprint density at radius 1 is 1.14 bits per heavy atom. The molecule has 35 heavy (non-hydrogen) atoms. The summed E-state index contributed by atoms with van der Waals surface area (Å²) in [5, 5.41) is 5.77. The zero-order chi connectivity index (χ0) is 24.8. The number of hydrogen-bond donors (Lipinski definition) is 2. The van der Waals surface area contributed by atoms with Crippen LogP contribution in [-0.2, 0) is 21.2 Å². The van der Waals surface area contributed by atoms with E-state index >= 15 is 0 Å². The maximum Gasteiger partial charge on any atom is 0.236 e. The highest BCUT2D eigenvalue weighted by molar-refractivity contribution is 7.87. The first-order chi connectivity index (χ1) is 17.0. The number of ether oxygens (including phenoxy) is 1. The average molecular weight is 514 g/mol. The Balaban J connectivity index is 1.47. The SMILES string of the molecule is CCCOc1cncc(-c2ccc(NC(=O)C(CC)(CC)c3csc(NS(=O)C4CC4)n3)cc2)n1. The van der Waals surface area contributed by atoms with Gasteiger partial charge in [0.15, 0.2) is 5.13 Å². The maximum atomic E-state index is 13.5. The second-order valence-electron chi connectivity index (χ2n) is 8.55. The molecule has 2 heterocycles. The quantitative estimate of drug-likeness (QED) is 0.339. The normalized spacial score (nSPS) is 14.4. The Kier molecular flexibility index (Phi) is 8.12. The topological polar surface area (TPSA) is 106 Å². The first-order valence-corrected chi connectivity index (χ1v) is 14.1. The molecular weight excluding hydrogens is 482 g/mol. The third-order valence-corrected chi connectivity index (χ3v) is 8.51. The number of nitrogens with zero attached hydrogens (tertiary/aromatic N) is 3. The predicted molar refractivity (Wildman–Crippen MR) is 141 cm³/mol. The summed E-state index contributed by atoms with van der Waals surface area (Å²) < 4.78 is 20.8. The second-order valence-corrected chi connectivity index (χ2v) is 10.9. The van der Waals surface area contributed by atoms with E-state index in [9.17, 15) is 9.00 Å². The summed E-state index contributed by atoms with van der Waals surface area (Å²) in [6, 6.07) is 7.52. The summed E-state index contributed by atoms with van der Waals surface area (Å²) in [5.41, 5.74) is 2.22. The minimum Gasteiger partial charge on any atom is -0.477 e. The van der Waals surface area contributed by atoms with E-state index in [0.29, 0.717) is 47.5 Å². The number of anilines is 2. The highest BCUT2D eigenvalue weighted by Gasteiger charge is 2.39. The Morgan fingerprint density at radius 2 is 1.89 bits per heavy atom. The minimum absolute atomic E-state index is 0.106. The summed E-state index contributed by atoms with van der Waals surface area (Å²) in [4.78, 5) is 26.9. The van der Waals surface area contributed by atoms with Crippen molar-refractivity contribution in [2.75, 3.05) is 16.6 Å². The van der Waals surface area contributed by atoms with E-state index in [1.54, 1.807) is 12.4 Å². The lowest BCUT2D eigenvalue weighted by atomic mass is 9.78. The van der Waals surface area contributed by atoms with Gasteiger partial charge in [-0.2, -0.15) is 0 Å². The third kappa shape index (κ3) is 5.87. The Labute approximate surface area is 212 Å². The van der Waals surface area contributed by atoms with Gasteiger partial charge in [0.25, 0.3) is 0 Å². The van der Waals surface area contributed by atoms with Crippen LogP contribution in [0.25, 0.3) is 11.3 Å². The Bertz CT molecular complexity index is 1170. The molecule has 0 radical (unpaired) electrons. The van der Waals surface area contributed by atoms with Gasteiger partial charge < -0.3 is 10.1 Å². The summed E-state index contributed by atoms with van der Waals surface area (Å²) >= 11 is 1.39. The fourth-order valence-electron chi connectivity index (χ4n) is 3.78. The van der Waals surface area contributed by atoms with Crippen molar-refractivity contribution in [3.63, 3.8) is 0 Å². The van der Waals surface area contributed by atoms with Crippen molar-refractivity contribution in [1.29, 1.82) is 0 Å². The Hall–Kier alpha value is -2.85. The van der Waals surface area contributed by atoms with Crippen LogP contribution in [0.15, 0.2) is 42.0 Å². The molecular formula is C25H31N5O3S2. The average Bonchev–Trinajstić information content (AvgIpc) is 3.64. The predicted octanol–water partition coefficient (Wildman–Crippen LogP) is 5.32. The second kappa shape index (κ2) is 11.3. The van der Waals surface area contributed by atoms with E-state index < -0.39 is 16.4 Å². The van der Waals surface area contributed by atoms with Gasteiger partial charge in [-0.25, -0.2) is 14.2 Å². The van der Waals surface area contributed by atoms with E-state index in [0.717, 1.165) is 24.8 Å². The van der Waals surface area contributed by atoms with Crippen LogP contribution in [0.2, 0.25) is 0 Å². The smallest absolute Gasteiger partial charge is 0.236 e. The molecule has 1 aliphatic rings. The number of carbonyl (C=O) groups excluding carboxylic acids is 1. The fraction of sp³-hybridized carbons (Fsp3) is 0.440. The van der Waals surface area contributed by atoms with Gasteiger partial charge in [0, 0.05) is 16.6 Å². The van der Waals surface area contributed by atoms with Crippen LogP contribution < -0.4 is 14.8 Å². The molecule has 1 aliphatic carbocycles. The molecule has 2 aromatic heterocycles. The number of benzene rings is 1. The van der Waals surface area contributed by atoms with Gasteiger partial charge in [-0.3, -0.25) is 14.5 Å². The van der Waals surface area contributed by atoms with E-state index in [1.165, 1.54) is 11.3 Å². The number of amides is 1. The largest absolute Gasteiger partial charge is 0.477 e. The van der Waals surface area contributed by atoms with Crippen LogP contribution in [0.4, 0.5) is 10.8 Å². The molecule has 1 atom stereocenters. The first-order valence-electron chi connectivity index (χ1n) is 12.0. The molecule has 0 saturated heterocycles. The number of aromatic nitrogens is 3. The molecule has 0 bridgehead atoms. The van der Waals surface area contributed by atoms with Gasteiger partial charge in [-0.1, -0.05) is 32.9 Å². The molecule has 1 saturated carbocycles. The standard InChI is InChI=1S/C25H31N5O3S2/c1-4-13-33-22-15-26-14-20(28-22)17-7-9-18(10-8-17)27-23(31)25(5-2,6-3)21-16-34-24(29-21)30-35(32)19-11-12-19/h7-10,14-16,19H,4-6,11-13H2,1-3H3,(H,27,31)(H,29,30). The van der Waals surface area contributed by atoms with Crippen molar-refractivity contribution in [3.05, 3.63) is 47.7 Å². The number of thiazole rings is 1. The van der Waals surface area contributed by atoms with Crippen LogP contribution in [0, 0.1) is 0 Å². The number of hydrogen-bond acceptors (Lipinski definition) is 7. The van der Waals surface area contributed by atoms with Crippen LogP contribution in [0.3, 0.4) is 0 Å². The molecule has 4 rings (SSSR count). The summed E-state index contributed by atoms with van der Waals surface area (Å²) in [5.74, 6) is 0.390. The van der Waals surface area contributed by atoms with Crippen molar-refractivity contribution < 1.29 is 13.7 Å². The molecule has 1 amide bonds. The van der Waals surface area contributed by atoms with E-state index in [2.05, 4.69) is 25.0 Å². The first kappa shape index (κ1) is 25.2. The van der Waals surface area contributed by atoms with Gasteiger partial charge in [-0.15, -0.1) is 11.3 Å². The number of carbonyl (C=O) groups is 1. The molecule has 1 aromatic carbocycles. The van der Waals surface area contributed by atoms with Crippen molar-refractivity contribution in [3.8, 4) is 17.1 Å². The highest BCUT2D eigenvalue weighted by Crippen LogP contribution is 2.36. The molecule has 8 nitrogen and oxygen atoms in total. The summed E-state index contributed by atoms with van der Waals surface area (Å²) in [6.45, 7) is 6.62. The molecule has 1 fully saturated rings. The molecule has 1 unspecified atom stereocenters. The minimum atomic E-state index is -1.11. The van der Waals surface area contributed by atoms with Gasteiger partial charge >= 0.3 is 0 Å². The van der Waals surface area contributed by atoms with E-state index in [-0.39, 0.29) is 11.2 Å². The Morgan fingerprint density at radius 3 is 2.54 bits per heavy atom. The molecule has 0 aliphatic heterocycles. The number of nitrogens with one attached hydrogen (secondary N) is 2. The summed E-state index contributed by atoms with van der Waals surface area (Å²) in [7, 11) is -1.11. The lowest BCUT2D eigenvalue weighted by Gasteiger charge is -2.28. The monoisotopic (exact) mass is 513 g/mol. The van der Waals surface area contributed by atoms with Gasteiger partial charge in [0.1, 0.15) is 11.0 Å². The van der Waals surface area contributed by atoms with E-state index in [4.69, 9.17) is 4.74 Å². The zero-order valence-electron chi connectivity index (χ0n) is 20.2. The maximum absolute atomic E-state index is 13.5. The van der Waals surface area contributed by atoms with Crippen molar-refractivity contribution in [2.24, 2.45) is 0 Å². The number of rotatable bonds is 12. The lowest BCUT2D eigenvalue weighted by Crippen LogP contribution is -2.39. The summed E-state index contributed by atoms with van der Waals surface area (Å²) in [6.07, 6.45) is 7.36. The fourth-order valence-corrected chi connectivity index (χ4v) is 5.82. The third-order valence-electron chi connectivity index (χ3n) is 6.16. The van der Waals surface area contributed by atoms with Gasteiger partial charge in [-0.05, 0) is 44.2 Å². The van der Waals surface area contributed by atoms with Crippen molar-refractivity contribution >= 4 is 39.0 Å². The molecule has 186 valence electrons. The lowest BCUT2D eigenvalue weighted by molar-refractivity contribution is -0.122. The van der Waals surface area contributed by atoms with Crippen molar-refractivity contribution in [2.45, 2.75) is 63.5 Å².